The van der Waals surface area contributed by atoms with Crippen LogP contribution in [0.4, 0.5) is 17.3 Å². The molecule has 1 fully saturated rings. The summed E-state index contributed by atoms with van der Waals surface area (Å²) in [4.78, 5) is 17.2. The van der Waals surface area contributed by atoms with Gasteiger partial charge in [0.15, 0.2) is 0 Å². The molecule has 4 heterocycles. The van der Waals surface area contributed by atoms with Gasteiger partial charge in [0.1, 0.15) is 11.6 Å². The van der Waals surface area contributed by atoms with Crippen LogP contribution in [-0.4, -0.2) is 28.0 Å². The molecule has 3 aromatic heterocycles. The van der Waals surface area contributed by atoms with Gasteiger partial charge in [0, 0.05) is 54.4 Å². The summed E-state index contributed by atoms with van der Waals surface area (Å²) in [6, 6.07) is 7.90. The van der Waals surface area contributed by atoms with E-state index in [0.29, 0.717) is 16.5 Å². The Morgan fingerprint density at radius 3 is 2.61 bits per heavy atom. The van der Waals surface area contributed by atoms with Crippen molar-refractivity contribution in [2.24, 2.45) is 11.1 Å². The van der Waals surface area contributed by atoms with Crippen molar-refractivity contribution in [1.82, 2.24) is 15.0 Å². The molecule has 1 atom stereocenters. The average molecular weight is 454 g/mol. The number of piperidine rings is 1. The standard InChI is InChI=1S/C22H24ClN7S/c23-19-16(3-7-28-21(19)26)31-17-12-29-18(10-14(17)24)30-8-4-22(5-9-30)11-15-13(20(22)25)2-1-6-27-15/h1-3,6-7,10,12,20H,4-5,8-9,11,25H2,(H2,24,29)(H2,26,28)/t20-/m1/s1. The van der Waals surface area contributed by atoms with Crippen molar-refractivity contribution in [3.63, 3.8) is 0 Å². The van der Waals surface area contributed by atoms with Gasteiger partial charge in [-0.15, -0.1) is 0 Å². The molecule has 31 heavy (non-hydrogen) atoms. The molecule has 0 aromatic carbocycles. The van der Waals surface area contributed by atoms with Crippen molar-refractivity contribution in [1.29, 1.82) is 0 Å². The number of nitrogen functional groups attached to an aromatic ring is 2. The van der Waals surface area contributed by atoms with Crippen LogP contribution in [0.25, 0.3) is 0 Å². The number of hydrogen-bond acceptors (Lipinski definition) is 8. The number of nitrogens with two attached hydrogens (primary N) is 3. The Balaban J connectivity index is 1.29. The van der Waals surface area contributed by atoms with Gasteiger partial charge >= 0.3 is 0 Å². The first-order valence-electron chi connectivity index (χ1n) is 10.2. The molecule has 9 heteroatoms. The van der Waals surface area contributed by atoms with Gasteiger partial charge in [-0.1, -0.05) is 29.4 Å². The molecule has 0 unspecified atom stereocenters. The van der Waals surface area contributed by atoms with Gasteiger partial charge in [0.05, 0.1) is 15.6 Å². The molecule has 6 N–H and O–H groups in total. The fraction of sp³-hybridized carbons (Fsp3) is 0.318. The first-order valence-corrected chi connectivity index (χ1v) is 11.4. The summed E-state index contributed by atoms with van der Waals surface area (Å²) in [5, 5.41) is 0.431. The zero-order chi connectivity index (χ0) is 21.6. The van der Waals surface area contributed by atoms with E-state index in [0.717, 1.165) is 53.7 Å². The number of fused-ring (bicyclic) bond motifs is 1. The Morgan fingerprint density at radius 1 is 1.06 bits per heavy atom. The molecule has 160 valence electrons. The van der Waals surface area contributed by atoms with Gasteiger partial charge in [0.25, 0.3) is 0 Å². The first-order chi connectivity index (χ1) is 15.0. The maximum absolute atomic E-state index is 6.66. The van der Waals surface area contributed by atoms with E-state index in [9.17, 15) is 0 Å². The van der Waals surface area contributed by atoms with Gasteiger partial charge in [-0.05, 0) is 42.4 Å². The van der Waals surface area contributed by atoms with Crippen LogP contribution in [-0.2, 0) is 6.42 Å². The van der Waals surface area contributed by atoms with Crippen LogP contribution < -0.4 is 22.1 Å². The lowest BCUT2D eigenvalue weighted by Gasteiger charge is -2.42. The van der Waals surface area contributed by atoms with Gasteiger partial charge in [-0.25, -0.2) is 9.97 Å². The zero-order valence-electron chi connectivity index (χ0n) is 17.0. The summed E-state index contributed by atoms with van der Waals surface area (Å²) in [7, 11) is 0. The lowest BCUT2D eigenvalue weighted by molar-refractivity contribution is 0.186. The van der Waals surface area contributed by atoms with E-state index in [4.69, 9.17) is 28.8 Å². The second-order valence-electron chi connectivity index (χ2n) is 8.23. The van der Waals surface area contributed by atoms with Crippen molar-refractivity contribution >= 4 is 40.7 Å². The van der Waals surface area contributed by atoms with E-state index < -0.39 is 0 Å². The number of anilines is 3. The minimum Gasteiger partial charge on any atom is -0.398 e. The number of halogens is 1. The predicted octanol–water partition coefficient (Wildman–Crippen LogP) is 3.68. The topological polar surface area (TPSA) is 120 Å². The minimum atomic E-state index is 0.0488. The Morgan fingerprint density at radius 2 is 1.87 bits per heavy atom. The molecule has 0 saturated carbocycles. The number of aromatic nitrogens is 3. The lowest BCUT2D eigenvalue weighted by Crippen LogP contribution is -2.44. The van der Waals surface area contributed by atoms with E-state index in [-0.39, 0.29) is 11.5 Å². The lowest BCUT2D eigenvalue weighted by atomic mass is 9.73. The van der Waals surface area contributed by atoms with Gasteiger partial charge in [0.2, 0.25) is 0 Å². The normalized spacial score (nSPS) is 19.5. The summed E-state index contributed by atoms with van der Waals surface area (Å²) in [5.74, 6) is 1.19. The van der Waals surface area contributed by atoms with E-state index in [1.54, 1.807) is 12.4 Å². The fourth-order valence-corrected chi connectivity index (χ4v) is 5.74. The largest absolute Gasteiger partial charge is 0.398 e. The summed E-state index contributed by atoms with van der Waals surface area (Å²) in [6.45, 7) is 1.79. The SMILES string of the molecule is Nc1cc(N2CCC3(CC2)Cc2ncccc2[C@H]3N)ncc1Sc1ccnc(N)c1Cl. The van der Waals surface area contributed by atoms with Crippen molar-refractivity contribution in [2.45, 2.75) is 35.1 Å². The smallest absolute Gasteiger partial charge is 0.143 e. The Bertz CT molecular complexity index is 1130. The van der Waals surface area contributed by atoms with Crippen molar-refractivity contribution in [2.75, 3.05) is 29.5 Å². The summed E-state index contributed by atoms with van der Waals surface area (Å²) in [5.41, 5.74) is 21.9. The molecule has 0 radical (unpaired) electrons. The van der Waals surface area contributed by atoms with Crippen LogP contribution in [0.1, 0.15) is 30.1 Å². The molecule has 0 amide bonds. The van der Waals surface area contributed by atoms with Crippen molar-refractivity contribution in [3.05, 3.63) is 59.1 Å². The summed E-state index contributed by atoms with van der Waals surface area (Å²) >= 11 is 7.70. The van der Waals surface area contributed by atoms with E-state index >= 15 is 0 Å². The summed E-state index contributed by atoms with van der Waals surface area (Å²) < 4.78 is 0. The third-order valence-electron chi connectivity index (χ3n) is 6.51. The molecular formula is C22H24ClN7S. The summed E-state index contributed by atoms with van der Waals surface area (Å²) in [6.07, 6.45) is 8.27. The van der Waals surface area contributed by atoms with Gasteiger partial charge in [-0.2, -0.15) is 0 Å². The van der Waals surface area contributed by atoms with Crippen LogP contribution in [0, 0.1) is 5.41 Å². The number of pyridine rings is 3. The van der Waals surface area contributed by atoms with Crippen molar-refractivity contribution in [3.8, 4) is 0 Å². The number of hydrogen-bond donors (Lipinski definition) is 3. The highest BCUT2D eigenvalue weighted by Crippen LogP contribution is 2.50. The van der Waals surface area contributed by atoms with Crippen LogP contribution in [0.3, 0.4) is 0 Å². The molecule has 5 rings (SSSR count). The highest BCUT2D eigenvalue weighted by Gasteiger charge is 2.46. The highest BCUT2D eigenvalue weighted by atomic mass is 35.5. The van der Waals surface area contributed by atoms with Crippen molar-refractivity contribution < 1.29 is 0 Å². The Labute approximate surface area is 190 Å². The second kappa shape index (κ2) is 7.85. The van der Waals surface area contributed by atoms with E-state index in [1.807, 2.05) is 24.4 Å². The van der Waals surface area contributed by atoms with Gasteiger partial charge < -0.3 is 22.1 Å². The molecule has 2 aliphatic rings. The maximum atomic E-state index is 6.66. The number of nitrogens with zero attached hydrogens (tertiary/aromatic N) is 4. The quantitative estimate of drug-likeness (QED) is 0.549. The molecule has 1 aliphatic carbocycles. The molecule has 7 nitrogen and oxygen atoms in total. The maximum Gasteiger partial charge on any atom is 0.143 e. The van der Waals surface area contributed by atoms with Gasteiger partial charge in [-0.3, -0.25) is 4.98 Å². The van der Waals surface area contributed by atoms with Crippen LogP contribution in [0.2, 0.25) is 5.02 Å². The third kappa shape index (κ3) is 3.58. The second-order valence-corrected chi connectivity index (χ2v) is 9.70. The highest BCUT2D eigenvalue weighted by molar-refractivity contribution is 7.99. The molecule has 1 saturated heterocycles. The van der Waals surface area contributed by atoms with Crippen LogP contribution >= 0.6 is 23.4 Å². The average Bonchev–Trinajstić information content (AvgIpc) is 3.05. The molecular weight excluding hydrogens is 430 g/mol. The molecule has 1 spiro atoms. The Kier molecular flexibility index (Phi) is 5.16. The Hall–Kier alpha value is -2.55. The number of rotatable bonds is 3. The molecule has 1 aliphatic heterocycles. The predicted molar refractivity (Wildman–Crippen MR) is 125 cm³/mol. The van der Waals surface area contributed by atoms with Crippen LogP contribution in [0.5, 0.6) is 0 Å². The van der Waals surface area contributed by atoms with Crippen LogP contribution in [0.15, 0.2) is 52.6 Å². The molecule has 0 bridgehead atoms. The fourth-order valence-electron chi connectivity index (χ4n) is 4.67. The zero-order valence-corrected chi connectivity index (χ0v) is 18.5. The van der Waals surface area contributed by atoms with E-state index in [2.05, 4.69) is 25.9 Å². The molecule has 3 aromatic rings. The monoisotopic (exact) mass is 453 g/mol. The van der Waals surface area contributed by atoms with E-state index in [1.165, 1.54) is 17.3 Å². The first kappa shape index (κ1) is 20.4. The minimum absolute atomic E-state index is 0.0488. The third-order valence-corrected chi connectivity index (χ3v) is 8.14.